The molecule has 1 rings (SSSR count). The summed E-state index contributed by atoms with van der Waals surface area (Å²) in [5.74, 6) is 2.39. The summed E-state index contributed by atoms with van der Waals surface area (Å²) in [6.45, 7) is 7.66. The van der Waals surface area contributed by atoms with E-state index in [0.29, 0.717) is 6.42 Å². The van der Waals surface area contributed by atoms with Crippen LogP contribution in [0.15, 0.2) is 0 Å². The zero-order valence-electron chi connectivity index (χ0n) is 11.2. The van der Waals surface area contributed by atoms with Crippen LogP contribution < -0.4 is 10.6 Å². The molecule has 0 bridgehead atoms. The van der Waals surface area contributed by atoms with E-state index in [2.05, 4.69) is 20.6 Å². The maximum Gasteiger partial charge on any atom is 0.134 e. The van der Waals surface area contributed by atoms with Gasteiger partial charge < -0.3 is 15.7 Å². The van der Waals surface area contributed by atoms with Crippen molar-refractivity contribution < 1.29 is 5.11 Å². The Labute approximate surface area is 103 Å². The molecule has 2 unspecified atom stereocenters. The fraction of sp³-hybridized carbons (Fsp3) is 0.667. The lowest BCUT2D eigenvalue weighted by Gasteiger charge is -2.18. The summed E-state index contributed by atoms with van der Waals surface area (Å²) in [4.78, 5) is 8.69. The highest BCUT2D eigenvalue weighted by Gasteiger charge is 2.11. The van der Waals surface area contributed by atoms with Crippen LogP contribution >= 0.6 is 0 Å². The summed E-state index contributed by atoms with van der Waals surface area (Å²) in [6.07, 6.45) is 0.377. The fourth-order valence-electron chi connectivity index (χ4n) is 1.82. The van der Waals surface area contributed by atoms with Crippen molar-refractivity contribution in [1.82, 2.24) is 9.97 Å². The molecule has 17 heavy (non-hydrogen) atoms. The number of aliphatic hydroxyl groups is 1. The van der Waals surface area contributed by atoms with Crippen LogP contribution in [0.5, 0.6) is 0 Å². The molecule has 0 aliphatic heterocycles. The number of nitrogens with zero attached hydrogens (tertiary/aromatic N) is 2. The van der Waals surface area contributed by atoms with Crippen molar-refractivity contribution in [3.63, 3.8) is 0 Å². The molecule has 0 aliphatic carbocycles. The first-order valence-electron chi connectivity index (χ1n) is 5.91. The van der Waals surface area contributed by atoms with Crippen molar-refractivity contribution in [1.29, 1.82) is 0 Å². The molecule has 5 nitrogen and oxygen atoms in total. The molecule has 0 saturated carbocycles. The summed E-state index contributed by atoms with van der Waals surface area (Å²) >= 11 is 0. The van der Waals surface area contributed by atoms with E-state index in [1.807, 2.05) is 27.8 Å². The second kappa shape index (κ2) is 5.82. The van der Waals surface area contributed by atoms with Gasteiger partial charge in [0.15, 0.2) is 0 Å². The van der Waals surface area contributed by atoms with Gasteiger partial charge in [-0.2, -0.15) is 0 Å². The Morgan fingerprint density at radius 3 is 2.29 bits per heavy atom. The van der Waals surface area contributed by atoms with E-state index >= 15 is 0 Å². The van der Waals surface area contributed by atoms with Gasteiger partial charge in [0, 0.05) is 18.7 Å². The third kappa shape index (κ3) is 3.85. The summed E-state index contributed by atoms with van der Waals surface area (Å²) in [5, 5.41) is 15.7. The van der Waals surface area contributed by atoms with Gasteiger partial charge in [-0.15, -0.1) is 0 Å². The second-order valence-electron chi connectivity index (χ2n) is 4.47. The molecular weight excluding hydrogens is 216 g/mol. The highest BCUT2D eigenvalue weighted by atomic mass is 16.3. The van der Waals surface area contributed by atoms with E-state index in [1.165, 1.54) is 0 Å². The van der Waals surface area contributed by atoms with Gasteiger partial charge in [0.25, 0.3) is 0 Å². The van der Waals surface area contributed by atoms with Gasteiger partial charge in [-0.1, -0.05) is 0 Å². The van der Waals surface area contributed by atoms with Crippen LogP contribution in [0.25, 0.3) is 0 Å². The topological polar surface area (TPSA) is 70.1 Å². The first-order chi connectivity index (χ1) is 7.93. The van der Waals surface area contributed by atoms with E-state index in [1.54, 1.807) is 6.92 Å². The average Bonchev–Trinajstić information content (AvgIpc) is 2.21. The van der Waals surface area contributed by atoms with Gasteiger partial charge in [0.05, 0.1) is 6.10 Å². The Kier molecular flexibility index (Phi) is 4.69. The highest BCUT2D eigenvalue weighted by Crippen LogP contribution is 2.20. The predicted octanol–water partition coefficient (Wildman–Crippen LogP) is 1.71. The van der Waals surface area contributed by atoms with E-state index in [4.69, 9.17) is 0 Å². The van der Waals surface area contributed by atoms with Crippen molar-refractivity contribution in [2.45, 2.75) is 46.3 Å². The van der Waals surface area contributed by atoms with Gasteiger partial charge >= 0.3 is 0 Å². The molecule has 0 aliphatic rings. The Morgan fingerprint density at radius 1 is 1.18 bits per heavy atom. The molecule has 0 aromatic carbocycles. The van der Waals surface area contributed by atoms with Crippen LogP contribution in [-0.4, -0.2) is 34.3 Å². The number of rotatable bonds is 5. The zero-order valence-corrected chi connectivity index (χ0v) is 11.2. The number of hydrogen-bond donors (Lipinski definition) is 3. The highest BCUT2D eigenvalue weighted by molar-refractivity contribution is 5.57. The Hall–Kier alpha value is -1.36. The Balaban J connectivity index is 2.86. The van der Waals surface area contributed by atoms with Crippen LogP contribution in [0.1, 0.15) is 31.7 Å². The molecule has 0 amide bonds. The van der Waals surface area contributed by atoms with E-state index in [-0.39, 0.29) is 12.1 Å². The molecule has 2 atom stereocenters. The summed E-state index contributed by atoms with van der Waals surface area (Å²) < 4.78 is 0. The second-order valence-corrected chi connectivity index (χ2v) is 4.47. The monoisotopic (exact) mass is 238 g/mol. The zero-order chi connectivity index (χ0) is 13.0. The molecule has 0 fully saturated rings. The number of aromatic nitrogens is 2. The van der Waals surface area contributed by atoms with Crippen molar-refractivity contribution in [2.24, 2.45) is 0 Å². The molecule has 96 valence electrons. The minimum atomic E-state index is -0.315. The van der Waals surface area contributed by atoms with Crippen LogP contribution in [0.2, 0.25) is 0 Å². The minimum Gasteiger partial charge on any atom is -0.393 e. The molecule has 3 N–H and O–H groups in total. The molecule has 0 spiro atoms. The first-order valence-corrected chi connectivity index (χ1v) is 5.91. The maximum absolute atomic E-state index is 9.34. The lowest BCUT2D eigenvalue weighted by atomic mass is 10.1. The number of anilines is 2. The minimum absolute atomic E-state index is 0.174. The van der Waals surface area contributed by atoms with Crippen molar-refractivity contribution in [3.8, 4) is 0 Å². The van der Waals surface area contributed by atoms with Crippen LogP contribution in [0.4, 0.5) is 11.6 Å². The van der Waals surface area contributed by atoms with E-state index in [0.717, 1.165) is 23.0 Å². The third-order valence-electron chi connectivity index (χ3n) is 2.57. The molecule has 0 saturated heterocycles. The third-order valence-corrected chi connectivity index (χ3v) is 2.57. The number of aliphatic hydroxyl groups excluding tert-OH is 1. The van der Waals surface area contributed by atoms with E-state index in [9.17, 15) is 5.11 Å². The molecule has 1 aromatic rings. The van der Waals surface area contributed by atoms with Gasteiger partial charge in [-0.05, 0) is 34.1 Å². The Bertz CT molecular complexity index is 379. The van der Waals surface area contributed by atoms with Crippen LogP contribution in [-0.2, 0) is 0 Å². The Morgan fingerprint density at radius 2 is 1.76 bits per heavy atom. The smallest absolute Gasteiger partial charge is 0.134 e. The number of nitrogens with one attached hydrogen (secondary N) is 2. The standard InChI is InChI=1S/C12H22N4O/c1-7(6-8(2)17)14-12-9(3)11(13-5)15-10(4)16-12/h7-8,17H,6H2,1-5H3,(H2,13,14,15,16). The SMILES string of the molecule is CNc1nc(C)nc(NC(C)CC(C)O)c1C. The maximum atomic E-state index is 9.34. The van der Waals surface area contributed by atoms with E-state index < -0.39 is 0 Å². The molecule has 1 heterocycles. The largest absolute Gasteiger partial charge is 0.393 e. The number of hydrogen-bond acceptors (Lipinski definition) is 5. The van der Waals surface area contributed by atoms with Gasteiger partial charge in [0.1, 0.15) is 17.5 Å². The molecular formula is C12H22N4O. The van der Waals surface area contributed by atoms with Crippen molar-refractivity contribution in [3.05, 3.63) is 11.4 Å². The molecule has 1 aromatic heterocycles. The van der Waals surface area contributed by atoms with Crippen molar-refractivity contribution in [2.75, 3.05) is 17.7 Å². The summed E-state index contributed by atoms with van der Waals surface area (Å²) in [7, 11) is 1.85. The first kappa shape index (κ1) is 13.7. The summed E-state index contributed by atoms with van der Waals surface area (Å²) in [5.41, 5.74) is 0.996. The van der Waals surface area contributed by atoms with Gasteiger partial charge in [0.2, 0.25) is 0 Å². The normalized spacial score (nSPS) is 14.2. The fourth-order valence-corrected chi connectivity index (χ4v) is 1.82. The quantitative estimate of drug-likeness (QED) is 0.728. The lowest BCUT2D eigenvalue weighted by Crippen LogP contribution is -2.22. The molecule has 5 heteroatoms. The summed E-state index contributed by atoms with van der Waals surface area (Å²) in [6, 6.07) is 0.174. The predicted molar refractivity (Wildman–Crippen MR) is 70.4 cm³/mol. The molecule has 0 radical (unpaired) electrons. The van der Waals surface area contributed by atoms with Gasteiger partial charge in [-0.3, -0.25) is 0 Å². The number of aryl methyl sites for hydroxylation is 1. The van der Waals surface area contributed by atoms with Crippen LogP contribution in [0.3, 0.4) is 0 Å². The lowest BCUT2D eigenvalue weighted by molar-refractivity contribution is 0.179. The van der Waals surface area contributed by atoms with Crippen molar-refractivity contribution >= 4 is 11.6 Å². The van der Waals surface area contributed by atoms with Crippen LogP contribution in [0, 0.1) is 13.8 Å². The average molecular weight is 238 g/mol. The van der Waals surface area contributed by atoms with Gasteiger partial charge in [-0.25, -0.2) is 9.97 Å².